The molecule has 0 radical (unpaired) electrons. The molecule has 2 aromatic heterocycles. The first-order chi connectivity index (χ1) is 12.5. The third kappa shape index (κ3) is 2.83. The van der Waals surface area contributed by atoms with Crippen molar-refractivity contribution in [2.75, 3.05) is 14.2 Å². The van der Waals surface area contributed by atoms with Gasteiger partial charge in [-0.1, -0.05) is 12.1 Å². The van der Waals surface area contributed by atoms with Crippen LogP contribution in [-0.4, -0.2) is 36.4 Å². The van der Waals surface area contributed by atoms with Gasteiger partial charge >= 0.3 is 11.9 Å². The molecule has 0 unspecified atom stereocenters. The number of hydrogen-bond acceptors (Lipinski definition) is 8. The molecule has 6 nitrogen and oxygen atoms in total. The van der Waals surface area contributed by atoms with E-state index in [4.69, 9.17) is 9.47 Å². The molecule has 2 heterocycles. The van der Waals surface area contributed by atoms with Crippen molar-refractivity contribution in [3.8, 4) is 32.4 Å². The summed E-state index contributed by atoms with van der Waals surface area (Å²) in [5, 5.41) is 25.4. The highest BCUT2D eigenvalue weighted by molar-refractivity contribution is 7.14. The summed E-state index contributed by atoms with van der Waals surface area (Å²) in [7, 11) is 2.25. The topological polar surface area (TPSA) is 93.1 Å². The summed E-state index contributed by atoms with van der Waals surface area (Å²) in [5.41, 5.74) is -0.345. The summed E-state index contributed by atoms with van der Waals surface area (Å²) in [6.07, 6.45) is 0. The van der Waals surface area contributed by atoms with Crippen LogP contribution in [0, 0.1) is 0 Å². The van der Waals surface area contributed by atoms with E-state index in [0.717, 1.165) is 14.2 Å². The molecule has 0 spiro atoms. The van der Waals surface area contributed by atoms with Gasteiger partial charge in [-0.05, 0) is 22.9 Å². The van der Waals surface area contributed by atoms with Crippen molar-refractivity contribution in [2.45, 2.75) is 0 Å². The van der Waals surface area contributed by atoms with E-state index < -0.39 is 34.6 Å². The van der Waals surface area contributed by atoms with E-state index in [2.05, 4.69) is 0 Å². The first-order valence-electron chi connectivity index (χ1n) is 7.37. The van der Waals surface area contributed by atoms with Crippen molar-refractivity contribution in [3.63, 3.8) is 0 Å². The summed E-state index contributed by atoms with van der Waals surface area (Å²) in [4.78, 5) is 25.8. The summed E-state index contributed by atoms with van der Waals surface area (Å²) in [5.74, 6) is -2.79. The summed E-state index contributed by atoms with van der Waals surface area (Å²) >= 11 is 2.65. The lowest BCUT2D eigenvalue weighted by molar-refractivity contribution is 0.0549. The SMILES string of the molecule is COC(=O)c1c(O)c(-c2cccs2)c(-c2cccs2)c(O)c1C(=O)OC. The van der Waals surface area contributed by atoms with E-state index in [1.54, 1.807) is 35.0 Å². The van der Waals surface area contributed by atoms with E-state index in [-0.39, 0.29) is 11.1 Å². The van der Waals surface area contributed by atoms with Gasteiger partial charge in [0.2, 0.25) is 0 Å². The van der Waals surface area contributed by atoms with Crippen LogP contribution < -0.4 is 0 Å². The quantitative estimate of drug-likeness (QED) is 0.514. The molecule has 8 heteroatoms. The second-order valence-corrected chi connectivity index (χ2v) is 7.03. The number of carbonyl (C=O) groups is 2. The third-order valence-corrected chi connectivity index (χ3v) is 5.54. The Morgan fingerprint density at radius 1 is 0.808 bits per heavy atom. The van der Waals surface area contributed by atoms with Gasteiger partial charge in [-0.3, -0.25) is 0 Å². The van der Waals surface area contributed by atoms with Crippen molar-refractivity contribution in [1.29, 1.82) is 0 Å². The lowest BCUT2D eigenvalue weighted by Crippen LogP contribution is -2.13. The smallest absolute Gasteiger partial charge is 0.342 e. The fourth-order valence-corrected chi connectivity index (χ4v) is 4.20. The van der Waals surface area contributed by atoms with Gasteiger partial charge in [-0.2, -0.15) is 0 Å². The highest BCUT2D eigenvalue weighted by atomic mass is 32.1. The van der Waals surface area contributed by atoms with Crippen molar-refractivity contribution in [3.05, 3.63) is 46.2 Å². The largest absolute Gasteiger partial charge is 0.506 e. The van der Waals surface area contributed by atoms with Gasteiger partial charge in [-0.25, -0.2) is 9.59 Å². The molecule has 0 atom stereocenters. The van der Waals surface area contributed by atoms with Crippen LogP contribution in [-0.2, 0) is 9.47 Å². The summed E-state index contributed by atoms with van der Waals surface area (Å²) < 4.78 is 9.40. The number of phenols is 2. The van der Waals surface area contributed by atoms with Crippen LogP contribution in [0.15, 0.2) is 35.0 Å². The van der Waals surface area contributed by atoms with Crippen molar-refractivity contribution in [1.82, 2.24) is 0 Å². The standard InChI is InChI=1S/C18H14O6S2/c1-23-17(21)13-14(18(22)24-2)16(20)12(10-6-4-8-26-10)11(15(13)19)9-5-3-7-25-9/h3-8,19-20H,1-2H3. The first kappa shape index (κ1) is 18.0. The zero-order chi connectivity index (χ0) is 18.8. The van der Waals surface area contributed by atoms with Gasteiger partial charge in [0.25, 0.3) is 0 Å². The van der Waals surface area contributed by atoms with Crippen LogP contribution >= 0.6 is 22.7 Å². The normalized spacial score (nSPS) is 10.5. The highest BCUT2D eigenvalue weighted by Crippen LogP contribution is 2.51. The predicted octanol–water partition coefficient (Wildman–Crippen LogP) is 4.13. The molecule has 0 aliphatic heterocycles. The van der Waals surface area contributed by atoms with Crippen LogP contribution in [0.3, 0.4) is 0 Å². The number of rotatable bonds is 4. The summed E-state index contributed by atoms with van der Waals surface area (Å²) in [6.45, 7) is 0. The van der Waals surface area contributed by atoms with Gasteiger partial charge in [0.1, 0.15) is 22.6 Å². The molecule has 26 heavy (non-hydrogen) atoms. The van der Waals surface area contributed by atoms with Crippen LogP contribution in [0.4, 0.5) is 0 Å². The second kappa shape index (κ2) is 7.19. The highest BCUT2D eigenvalue weighted by Gasteiger charge is 2.33. The molecule has 0 aliphatic rings. The maximum Gasteiger partial charge on any atom is 0.342 e. The molecule has 2 N–H and O–H groups in total. The van der Waals surface area contributed by atoms with Crippen LogP contribution in [0.1, 0.15) is 20.7 Å². The second-order valence-electron chi connectivity index (χ2n) is 5.13. The van der Waals surface area contributed by atoms with E-state index in [1.807, 2.05) is 0 Å². The number of thiophene rings is 2. The number of aromatic hydroxyl groups is 2. The van der Waals surface area contributed by atoms with Gasteiger partial charge in [-0.15, -0.1) is 22.7 Å². The van der Waals surface area contributed by atoms with Crippen LogP contribution in [0.5, 0.6) is 11.5 Å². The van der Waals surface area contributed by atoms with Crippen molar-refractivity contribution in [2.24, 2.45) is 0 Å². The monoisotopic (exact) mass is 390 g/mol. The van der Waals surface area contributed by atoms with E-state index in [0.29, 0.717) is 9.75 Å². The molecule has 1 aromatic carbocycles. The molecule has 3 aromatic rings. The Kier molecular flexibility index (Phi) is 4.97. The number of esters is 2. The van der Waals surface area contributed by atoms with Gasteiger partial charge in [0.15, 0.2) is 0 Å². The Labute approximate surface area is 156 Å². The Morgan fingerprint density at radius 2 is 1.19 bits per heavy atom. The average Bonchev–Trinajstić information content (AvgIpc) is 3.34. The fourth-order valence-electron chi connectivity index (χ4n) is 2.65. The number of hydrogen-bond donors (Lipinski definition) is 2. The minimum Gasteiger partial charge on any atom is -0.506 e. The van der Waals surface area contributed by atoms with Gasteiger partial charge < -0.3 is 19.7 Å². The maximum atomic E-state index is 12.3. The molecular weight excluding hydrogens is 376 g/mol. The molecule has 134 valence electrons. The number of carbonyl (C=O) groups excluding carboxylic acids is 2. The van der Waals surface area contributed by atoms with E-state index in [1.165, 1.54) is 22.7 Å². The predicted molar refractivity (Wildman–Crippen MR) is 99.1 cm³/mol. The molecule has 0 amide bonds. The number of ether oxygens (including phenoxy) is 2. The Hall–Kier alpha value is -2.84. The number of methoxy groups -OCH3 is 2. The number of benzene rings is 1. The van der Waals surface area contributed by atoms with E-state index in [9.17, 15) is 19.8 Å². The van der Waals surface area contributed by atoms with Gasteiger partial charge in [0.05, 0.1) is 14.2 Å². The minimum atomic E-state index is -0.950. The summed E-state index contributed by atoms with van der Waals surface area (Å²) in [6, 6.07) is 7.05. The first-order valence-corrected chi connectivity index (χ1v) is 9.13. The molecule has 0 saturated heterocycles. The number of phenolic OH excluding ortho intramolecular Hbond substituents is 2. The molecule has 0 saturated carbocycles. The molecule has 3 rings (SSSR count). The van der Waals surface area contributed by atoms with Crippen LogP contribution in [0.2, 0.25) is 0 Å². The molecule has 0 aliphatic carbocycles. The maximum absolute atomic E-state index is 12.3. The Morgan fingerprint density at radius 3 is 1.46 bits per heavy atom. The zero-order valence-corrected chi connectivity index (χ0v) is 15.4. The molecule has 0 fully saturated rings. The minimum absolute atomic E-state index is 0.257. The molecular formula is C18H14O6S2. The Balaban J connectivity index is 2.49. The third-order valence-electron chi connectivity index (χ3n) is 3.76. The zero-order valence-electron chi connectivity index (χ0n) is 13.8. The van der Waals surface area contributed by atoms with Crippen molar-refractivity contribution < 1.29 is 29.3 Å². The van der Waals surface area contributed by atoms with Crippen molar-refractivity contribution >= 4 is 34.6 Å². The van der Waals surface area contributed by atoms with Crippen LogP contribution in [0.25, 0.3) is 20.9 Å². The van der Waals surface area contributed by atoms with Gasteiger partial charge in [0, 0.05) is 20.9 Å². The molecule has 0 bridgehead atoms. The Bertz CT molecular complexity index is 879. The average molecular weight is 390 g/mol. The van der Waals surface area contributed by atoms with E-state index >= 15 is 0 Å². The lowest BCUT2D eigenvalue weighted by Gasteiger charge is -2.18. The lowest BCUT2D eigenvalue weighted by atomic mass is 9.93. The fraction of sp³-hybridized carbons (Fsp3) is 0.111.